The Hall–Kier alpha value is -0.730. The highest BCUT2D eigenvalue weighted by molar-refractivity contribution is 6.30. The van der Waals surface area contributed by atoms with Gasteiger partial charge in [-0.05, 0) is 43.0 Å². The molecule has 2 unspecified atom stereocenters. The second-order valence-electron chi connectivity index (χ2n) is 4.95. The van der Waals surface area contributed by atoms with Gasteiger partial charge in [0, 0.05) is 10.6 Å². The Morgan fingerprint density at radius 2 is 2.12 bits per heavy atom. The SMILES string of the molecule is CCC(C)C(C)(N)Cc1cc(Cl)ccc1OC. The first-order valence-electron chi connectivity index (χ1n) is 6.02. The Bertz CT molecular complexity index is 376. The molecular formula is C14H22ClNO. The van der Waals surface area contributed by atoms with E-state index in [-0.39, 0.29) is 5.54 Å². The standard InChI is InChI=1S/C14H22ClNO/c1-5-10(2)14(3,16)9-11-8-12(15)6-7-13(11)17-4/h6-8,10H,5,9,16H2,1-4H3. The predicted octanol–water partition coefficient (Wildman–Crippen LogP) is 3.65. The molecule has 2 nitrogen and oxygen atoms in total. The molecule has 0 heterocycles. The van der Waals surface area contributed by atoms with Crippen LogP contribution in [0, 0.1) is 5.92 Å². The molecule has 2 N–H and O–H groups in total. The fourth-order valence-electron chi connectivity index (χ4n) is 1.94. The van der Waals surface area contributed by atoms with E-state index >= 15 is 0 Å². The third kappa shape index (κ3) is 3.62. The van der Waals surface area contributed by atoms with Crippen molar-refractivity contribution < 1.29 is 4.74 Å². The van der Waals surface area contributed by atoms with E-state index in [4.69, 9.17) is 22.1 Å². The first-order valence-corrected chi connectivity index (χ1v) is 6.39. The van der Waals surface area contributed by atoms with Crippen LogP contribution in [0.25, 0.3) is 0 Å². The molecule has 0 aliphatic carbocycles. The van der Waals surface area contributed by atoms with Crippen molar-refractivity contribution >= 4 is 11.6 Å². The van der Waals surface area contributed by atoms with E-state index < -0.39 is 0 Å². The van der Waals surface area contributed by atoms with Crippen LogP contribution in [0.4, 0.5) is 0 Å². The number of halogens is 1. The summed E-state index contributed by atoms with van der Waals surface area (Å²) in [5.41, 5.74) is 7.21. The largest absolute Gasteiger partial charge is 0.496 e. The summed E-state index contributed by atoms with van der Waals surface area (Å²) in [5, 5.41) is 0.723. The monoisotopic (exact) mass is 255 g/mol. The lowest BCUT2D eigenvalue weighted by molar-refractivity contribution is 0.301. The molecule has 1 aromatic rings. The molecule has 17 heavy (non-hydrogen) atoms. The molecule has 3 heteroatoms. The number of hydrogen-bond donors (Lipinski definition) is 1. The molecule has 0 aliphatic heterocycles. The van der Waals surface area contributed by atoms with Gasteiger partial charge in [0.25, 0.3) is 0 Å². The number of ether oxygens (including phenoxy) is 1. The topological polar surface area (TPSA) is 35.2 Å². The van der Waals surface area contributed by atoms with E-state index in [1.165, 1.54) is 0 Å². The van der Waals surface area contributed by atoms with Crippen LogP contribution in [-0.2, 0) is 6.42 Å². The van der Waals surface area contributed by atoms with E-state index in [9.17, 15) is 0 Å². The highest BCUT2D eigenvalue weighted by atomic mass is 35.5. The van der Waals surface area contributed by atoms with Gasteiger partial charge in [0.15, 0.2) is 0 Å². The third-order valence-corrected chi connectivity index (χ3v) is 3.79. The number of methoxy groups -OCH3 is 1. The van der Waals surface area contributed by atoms with Gasteiger partial charge in [-0.25, -0.2) is 0 Å². The van der Waals surface area contributed by atoms with Gasteiger partial charge < -0.3 is 10.5 Å². The van der Waals surface area contributed by atoms with Crippen molar-refractivity contribution in [3.8, 4) is 5.75 Å². The minimum absolute atomic E-state index is 0.243. The van der Waals surface area contributed by atoms with E-state index in [1.807, 2.05) is 18.2 Å². The number of hydrogen-bond acceptors (Lipinski definition) is 2. The number of rotatable bonds is 5. The molecule has 0 saturated carbocycles. The van der Waals surface area contributed by atoms with Crippen LogP contribution in [0.3, 0.4) is 0 Å². The van der Waals surface area contributed by atoms with Crippen molar-refractivity contribution in [1.82, 2.24) is 0 Å². The smallest absolute Gasteiger partial charge is 0.122 e. The molecule has 0 aromatic heterocycles. The molecule has 0 saturated heterocycles. The van der Waals surface area contributed by atoms with Gasteiger partial charge in [-0.3, -0.25) is 0 Å². The minimum Gasteiger partial charge on any atom is -0.496 e. The Labute approximate surface area is 109 Å². The van der Waals surface area contributed by atoms with Crippen molar-refractivity contribution in [3.05, 3.63) is 28.8 Å². The van der Waals surface area contributed by atoms with Crippen LogP contribution in [0.5, 0.6) is 5.75 Å². The van der Waals surface area contributed by atoms with Gasteiger partial charge in [-0.2, -0.15) is 0 Å². The molecular weight excluding hydrogens is 234 g/mol. The lowest BCUT2D eigenvalue weighted by atomic mass is 9.81. The average molecular weight is 256 g/mol. The van der Waals surface area contributed by atoms with Gasteiger partial charge in [-0.1, -0.05) is 31.9 Å². The van der Waals surface area contributed by atoms with Crippen molar-refractivity contribution in [1.29, 1.82) is 0 Å². The molecule has 0 amide bonds. The predicted molar refractivity (Wildman–Crippen MR) is 73.8 cm³/mol. The maximum absolute atomic E-state index is 6.38. The number of nitrogens with two attached hydrogens (primary N) is 1. The van der Waals surface area contributed by atoms with Gasteiger partial charge in [-0.15, -0.1) is 0 Å². The summed E-state index contributed by atoms with van der Waals surface area (Å²) in [5.74, 6) is 1.31. The summed E-state index contributed by atoms with van der Waals surface area (Å²) in [6, 6.07) is 5.67. The van der Waals surface area contributed by atoms with Crippen molar-refractivity contribution in [3.63, 3.8) is 0 Å². The second kappa shape index (κ2) is 5.74. The molecule has 0 bridgehead atoms. The lowest BCUT2D eigenvalue weighted by Gasteiger charge is -2.31. The highest BCUT2D eigenvalue weighted by Gasteiger charge is 2.26. The van der Waals surface area contributed by atoms with Crippen LogP contribution in [0.1, 0.15) is 32.8 Å². The average Bonchev–Trinajstić information content (AvgIpc) is 2.27. The summed E-state index contributed by atoms with van der Waals surface area (Å²) in [6.45, 7) is 6.42. The summed E-state index contributed by atoms with van der Waals surface area (Å²) in [4.78, 5) is 0. The molecule has 2 atom stereocenters. The fourth-order valence-corrected chi connectivity index (χ4v) is 2.13. The van der Waals surface area contributed by atoms with Crippen LogP contribution >= 0.6 is 11.6 Å². The van der Waals surface area contributed by atoms with Gasteiger partial charge in [0.1, 0.15) is 5.75 Å². The molecule has 0 radical (unpaired) electrons. The first kappa shape index (κ1) is 14.3. The van der Waals surface area contributed by atoms with E-state index in [0.717, 1.165) is 29.2 Å². The van der Waals surface area contributed by atoms with E-state index in [1.54, 1.807) is 7.11 Å². The van der Waals surface area contributed by atoms with E-state index in [0.29, 0.717) is 5.92 Å². The molecule has 0 aliphatic rings. The fraction of sp³-hybridized carbons (Fsp3) is 0.571. The lowest BCUT2D eigenvalue weighted by Crippen LogP contribution is -2.44. The molecule has 1 rings (SSSR count). The van der Waals surface area contributed by atoms with Crippen LogP contribution in [0.15, 0.2) is 18.2 Å². The summed E-state index contributed by atoms with van der Waals surface area (Å²) >= 11 is 6.02. The Balaban J connectivity index is 2.97. The van der Waals surface area contributed by atoms with Crippen LogP contribution < -0.4 is 10.5 Å². The van der Waals surface area contributed by atoms with Crippen molar-refractivity contribution in [2.24, 2.45) is 11.7 Å². The Kier molecular flexibility index (Phi) is 4.84. The minimum atomic E-state index is -0.243. The Morgan fingerprint density at radius 1 is 1.47 bits per heavy atom. The molecule has 96 valence electrons. The molecule has 0 fully saturated rings. The van der Waals surface area contributed by atoms with Crippen LogP contribution in [-0.4, -0.2) is 12.6 Å². The maximum Gasteiger partial charge on any atom is 0.122 e. The zero-order valence-corrected chi connectivity index (χ0v) is 11.8. The Morgan fingerprint density at radius 3 is 2.65 bits per heavy atom. The van der Waals surface area contributed by atoms with Gasteiger partial charge in [0.2, 0.25) is 0 Å². The third-order valence-electron chi connectivity index (χ3n) is 3.55. The molecule has 1 aromatic carbocycles. The van der Waals surface area contributed by atoms with E-state index in [2.05, 4.69) is 20.8 Å². The van der Waals surface area contributed by atoms with Crippen molar-refractivity contribution in [2.45, 2.75) is 39.2 Å². The zero-order chi connectivity index (χ0) is 13.1. The first-order chi connectivity index (χ1) is 7.90. The zero-order valence-electron chi connectivity index (χ0n) is 11.1. The summed E-state index contributed by atoms with van der Waals surface area (Å²) in [6.07, 6.45) is 1.83. The summed E-state index contributed by atoms with van der Waals surface area (Å²) in [7, 11) is 1.67. The normalized spacial score (nSPS) is 16.4. The summed E-state index contributed by atoms with van der Waals surface area (Å²) < 4.78 is 5.35. The molecule has 0 spiro atoms. The number of benzene rings is 1. The maximum atomic E-state index is 6.38. The van der Waals surface area contributed by atoms with Crippen molar-refractivity contribution in [2.75, 3.05) is 7.11 Å². The van der Waals surface area contributed by atoms with Crippen LogP contribution in [0.2, 0.25) is 5.02 Å². The second-order valence-corrected chi connectivity index (χ2v) is 5.38. The highest BCUT2D eigenvalue weighted by Crippen LogP contribution is 2.29. The van der Waals surface area contributed by atoms with Gasteiger partial charge >= 0.3 is 0 Å². The van der Waals surface area contributed by atoms with Gasteiger partial charge in [0.05, 0.1) is 7.11 Å². The quantitative estimate of drug-likeness (QED) is 0.872.